The second-order valence-electron chi connectivity index (χ2n) is 4.73. The second kappa shape index (κ2) is 4.17. The summed E-state index contributed by atoms with van der Waals surface area (Å²) >= 11 is 0. The molecule has 1 rings (SSSR count). The Balaban J connectivity index is 2.74. The number of carbonyl (C=O) groups excluding carboxylic acids is 1. The molecule has 1 aliphatic heterocycles. The summed E-state index contributed by atoms with van der Waals surface area (Å²) in [6.07, 6.45) is 0. The summed E-state index contributed by atoms with van der Waals surface area (Å²) in [5.41, 5.74) is -3.18. The largest absolute Gasteiger partial charge is 0.378 e. The van der Waals surface area contributed by atoms with E-state index in [1.165, 1.54) is 24.5 Å². The van der Waals surface area contributed by atoms with Crippen molar-refractivity contribution in [3.8, 4) is 0 Å². The van der Waals surface area contributed by atoms with Crippen LogP contribution in [-0.2, 0) is 9.53 Å². The highest BCUT2D eigenvalue weighted by molar-refractivity contribution is 6.81. The van der Waals surface area contributed by atoms with Gasteiger partial charge >= 0.3 is 5.55 Å². The van der Waals surface area contributed by atoms with E-state index >= 15 is 0 Å². The molecule has 6 heteroatoms. The average molecular weight is 237 g/mol. The molecule has 0 aromatic carbocycles. The lowest BCUT2D eigenvalue weighted by molar-refractivity contribution is -0.152. The van der Waals surface area contributed by atoms with Gasteiger partial charge in [-0.05, 0) is 0 Å². The number of hydrogen-bond acceptors (Lipinski definition) is 2. The van der Waals surface area contributed by atoms with Crippen molar-refractivity contribution < 1.29 is 18.3 Å². The van der Waals surface area contributed by atoms with Gasteiger partial charge in [-0.3, -0.25) is 4.79 Å². The van der Waals surface area contributed by atoms with Gasteiger partial charge in [0, 0.05) is 13.1 Å². The minimum atomic E-state index is -3.18. The molecule has 0 saturated carbocycles. The first kappa shape index (κ1) is 12.6. The van der Waals surface area contributed by atoms with E-state index in [1.807, 2.05) is 0 Å². The summed E-state index contributed by atoms with van der Waals surface area (Å²) in [5, 5.41) is 0. The molecule has 3 nitrogen and oxygen atoms in total. The van der Waals surface area contributed by atoms with Crippen LogP contribution >= 0.6 is 0 Å². The molecule has 1 amide bonds. The maximum atomic E-state index is 13.7. The molecule has 1 aliphatic rings. The number of halogens is 2. The van der Waals surface area contributed by atoms with E-state index in [0.29, 0.717) is 13.2 Å². The van der Waals surface area contributed by atoms with Gasteiger partial charge in [-0.15, -0.1) is 0 Å². The van der Waals surface area contributed by atoms with E-state index in [2.05, 4.69) is 0 Å². The molecule has 0 radical (unpaired) electrons. The quantitative estimate of drug-likeness (QED) is 0.679. The van der Waals surface area contributed by atoms with E-state index in [9.17, 15) is 13.6 Å². The molecule has 0 N–H and O–H groups in total. The highest BCUT2D eigenvalue weighted by Gasteiger charge is 2.53. The van der Waals surface area contributed by atoms with Gasteiger partial charge in [-0.1, -0.05) is 19.6 Å². The molecule has 0 atom stereocenters. The van der Waals surface area contributed by atoms with Gasteiger partial charge in [0.1, 0.15) is 8.07 Å². The third kappa shape index (κ3) is 2.55. The molecule has 15 heavy (non-hydrogen) atoms. The van der Waals surface area contributed by atoms with Gasteiger partial charge in [0.25, 0.3) is 5.91 Å². The van der Waals surface area contributed by atoms with E-state index in [-0.39, 0.29) is 13.1 Å². The van der Waals surface area contributed by atoms with Gasteiger partial charge in [-0.2, -0.15) is 0 Å². The number of amides is 1. The van der Waals surface area contributed by atoms with Crippen molar-refractivity contribution in [1.29, 1.82) is 0 Å². The number of nitrogens with zero attached hydrogens (tertiary/aromatic N) is 1. The fraction of sp³-hybridized carbons (Fsp3) is 0.889. The Morgan fingerprint density at radius 2 is 1.73 bits per heavy atom. The number of ether oxygens (including phenoxy) is 1. The first-order valence-corrected chi connectivity index (χ1v) is 8.52. The molecule has 1 heterocycles. The number of carbonyl (C=O) groups is 1. The first-order valence-electron chi connectivity index (χ1n) is 5.02. The van der Waals surface area contributed by atoms with Crippen LogP contribution in [0.3, 0.4) is 0 Å². The maximum absolute atomic E-state index is 13.7. The number of morpholine rings is 1. The lowest BCUT2D eigenvalue weighted by Crippen LogP contribution is -2.58. The van der Waals surface area contributed by atoms with Crippen LogP contribution in [0.25, 0.3) is 0 Å². The van der Waals surface area contributed by atoms with Gasteiger partial charge in [0.2, 0.25) is 0 Å². The molecule has 1 fully saturated rings. The Morgan fingerprint density at radius 1 is 1.27 bits per heavy atom. The Morgan fingerprint density at radius 3 is 2.13 bits per heavy atom. The van der Waals surface area contributed by atoms with Crippen molar-refractivity contribution in [3.63, 3.8) is 0 Å². The Bertz CT molecular complexity index is 247. The van der Waals surface area contributed by atoms with E-state index in [1.54, 1.807) is 0 Å². The average Bonchev–Trinajstić information content (AvgIpc) is 2.16. The molecular weight excluding hydrogens is 220 g/mol. The zero-order valence-corrected chi connectivity index (χ0v) is 10.3. The molecule has 88 valence electrons. The lowest BCUT2D eigenvalue weighted by atomic mass is 10.4. The number of rotatable bonds is 2. The Labute approximate surface area is 89.4 Å². The van der Waals surface area contributed by atoms with Crippen molar-refractivity contribution in [2.75, 3.05) is 26.3 Å². The summed E-state index contributed by atoms with van der Waals surface area (Å²) in [4.78, 5) is 12.8. The van der Waals surface area contributed by atoms with Crippen LogP contribution in [0.5, 0.6) is 0 Å². The smallest absolute Gasteiger partial charge is 0.303 e. The number of alkyl halides is 2. The number of hydrogen-bond donors (Lipinski definition) is 0. The van der Waals surface area contributed by atoms with Gasteiger partial charge in [0.15, 0.2) is 0 Å². The summed E-state index contributed by atoms with van der Waals surface area (Å²) in [5.74, 6) is -1.02. The molecule has 0 aliphatic carbocycles. The molecule has 0 bridgehead atoms. The summed E-state index contributed by atoms with van der Waals surface area (Å²) in [6.45, 7) is 5.78. The summed E-state index contributed by atoms with van der Waals surface area (Å²) in [7, 11) is -2.80. The van der Waals surface area contributed by atoms with Crippen LogP contribution in [0.2, 0.25) is 19.6 Å². The minimum absolute atomic E-state index is 0.277. The standard InChI is InChI=1S/C9H17F2NO2Si/c1-15(2,3)9(10,11)8(13)12-4-6-14-7-5-12/h4-7H2,1-3H3. The van der Waals surface area contributed by atoms with E-state index in [4.69, 9.17) is 4.74 Å². The molecule has 0 aromatic heterocycles. The van der Waals surface area contributed by atoms with Crippen LogP contribution in [0.15, 0.2) is 0 Å². The van der Waals surface area contributed by atoms with Gasteiger partial charge < -0.3 is 9.64 Å². The third-order valence-electron chi connectivity index (χ3n) is 2.51. The maximum Gasteiger partial charge on any atom is 0.303 e. The zero-order valence-electron chi connectivity index (χ0n) is 9.35. The van der Waals surface area contributed by atoms with Crippen molar-refractivity contribution in [2.24, 2.45) is 0 Å². The van der Waals surface area contributed by atoms with E-state index in [0.717, 1.165) is 0 Å². The topological polar surface area (TPSA) is 29.5 Å². The van der Waals surface area contributed by atoms with Crippen molar-refractivity contribution in [1.82, 2.24) is 4.90 Å². The Hall–Kier alpha value is -0.493. The van der Waals surface area contributed by atoms with Crippen LogP contribution in [-0.4, -0.2) is 50.7 Å². The van der Waals surface area contributed by atoms with Crippen molar-refractivity contribution >= 4 is 14.0 Å². The summed E-state index contributed by atoms with van der Waals surface area (Å²) < 4.78 is 32.5. The fourth-order valence-electron chi connectivity index (χ4n) is 1.29. The SMILES string of the molecule is C[Si](C)(C)C(F)(F)C(=O)N1CCOCC1. The van der Waals surface area contributed by atoms with Gasteiger partial charge in [-0.25, -0.2) is 8.78 Å². The van der Waals surface area contributed by atoms with Gasteiger partial charge in [0.05, 0.1) is 13.2 Å². The van der Waals surface area contributed by atoms with Crippen LogP contribution in [0.4, 0.5) is 8.78 Å². The van der Waals surface area contributed by atoms with Crippen LogP contribution < -0.4 is 0 Å². The van der Waals surface area contributed by atoms with Crippen LogP contribution in [0.1, 0.15) is 0 Å². The highest BCUT2D eigenvalue weighted by Crippen LogP contribution is 2.29. The molecule has 1 saturated heterocycles. The first-order chi connectivity index (χ1) is 6.77. The highest BCUT2D eigenvalue weighted by atomic mass is 28.3. The van der Waals surface area contributed by atoms with Crippen molar-refractivity contribution in [3.05, 3.63) is 0 Å². The van der Waals surface area contributed by atoms with Crippen molar-refractivity contribution in [2.45, 2.75) is 25.2 Å². The molecule has 0 aromatic rings. The van der Waals surface area contributed by atoms with Crippen LogP contribution in [0, 0.1) is 0 Å². The Kier molecular flexibility index (Phi) is 3.50. The third-order valence-corrected chi connectivity index (χ3v) is 4.61. The molecule has 0 spiro atoms. The predicted octanol–water partition coefficient (Wildman–Crippen LogP) is 1.36. The lowest BCUT2D eigenvalue weighted by Gasteiger charge is -2.34. The zero-order chi connectivity index (χ0) is 11.7. The monoisotopic (exact) mass is 237 g/mol. The normalized spacial score (nSPS) is 19.1. The second-order valence-corrected chi connectivity index (χ2v) is 9.86. The van der Waals surface area contributed by atoms with E-state index < -0.39 is 19.5 Å². The fourth-order valence-corrected chi connectivity index (χ4v) is 2.09. The molecular formula is C9H17F2NO2Si. The predicted molar refractivity (Wildman–Crippen MR) is 55.7 cm³/mol. The minimum Gasteiger partial charge on any atom is -0.378 e. The molecule has 0 unspecified atom stereocenters. The summed E-state index contributed by atoms with van der Waals surface area (Å²) in [6, 6.07) is 0.